The normalized spacial score (nSPS) is 21.1. The molecule has 1 saturated carbocycles. The highest BCUT2D eigenvalue weighted by atomic mass is 32.2. The van der Waals surface area contributed by atoms with E-state index in [0.717, 1.165) is 17.7 Å². The Balaban J connectivity index is 3.12. The Labute approximate surface area is 208 Å². The van der Waals surface area contributed by atoms with E-state index < -0.39 is 34.4 Å². The second kappa shape index (κ2) is 11.3. The Morgan fingerprint density at radius 3 is 1.74 bits per heavy atom. The summed E-state index contributed by atoms with van der Waals surface area (Å²) >= 11 is 1.17. The van der Waals surface area contributed by atoms with Crippen molar-refractivity contribution in [2.24, 2.45) is 5.41 Å². The number of rotatable bonds is 6. The van der Waals surface area contributed by atoms with E-state index in [4.69, 9.17) is 14.2 Å². The number of esters is 1. The summed E-state index contributed by atoms with van der Waals surface area (Å²) in [6.07, 6.45) is 1.23. The van der Waals surface area contributed by atoms with Crippen LogP contribution < -0.4 is 0 Å². The molecule has 0 heterocycles. The molecule has 1 rings (SSSR count). The fourth-order valence-electron chi connectivity index (χ4n) is 3.86. The highest BCUT2D eigenvalue weighted by Gasteiger charge is 2.51. The van der Waals surface area contributed by atoms with Crippen LogP contribution in [0.15, 0.2) is 0 Å². The number of hydrogen-bond acceptors (Lipinski definition) is 8. The first-order valence-corrected chi connectivity index (χ1v) is 12.8. The Hall–Kier alpha value is -1.77. The van der Waals surface area contributed by atoms with Crippen LogP contribution in [-0.4, -0.2) is 56.8 Å². The van der Waals surface area contributed by atoms with E-state index in [1.165, 1.54) is 18.7 Å². The second-order valence-electron chi connectivity index (χ2n) is 11.9. The fourth-order valence-corrected chi connectivity index (χ4v) is 5.10. The maximum atomic E-state index is 13.3. The van der Waals surface area contributed by atoms with Crippen molar-refractivity contribution in [3.63, 3.8) is 0 Å². The van der Waals surface area contributed by atoms with Crippen molar-refractivity contribution in [1.29, 1.82) is 0 Å². The van der Waals surface area contributed by atoms with Crippen LogP contribution in [0.5, 0.6) is 0 Å². The lowest BCUT2D eigenvalue weighted by molar-refractivity contribution is -0.167. The molecule has 0 spiro atoms. The van der Waals surface area contributed by atoms with E-state index in [2.05, 4.69) is 0 Å². The number of amides is 2. The van der Waals surface area contributed by atoms with Gasteiger partial charge in [0, 0.05) is 18.7 Å². The summed E-state index contributed by atoms with van der Waals surface area (Å²) in [6, 6.07) is 0. The molecule has 0 saturated heterocycles. The van der Waals surface area contributed by atoms with Gasteiger partial charge in [-0.05, 0) is 88.0 Å². The molecule has 8 nitrogen and oxygen atoms in total. The van der Waals surface area contributed by atoms with E-state index in [1.54, 1.807) is 41.5 Å². The standard InChI is InChI=1S/C25H43NO7S/c1-17(27)34-18-13-11-14-25(18,19(28)31-22(2,3)4)15-12-16-26(20(29)32-23(5,6)7)21(30)33-24(8,9)10/h18H,11-16H2,1-10H3/t18-,25-/m0/s1. The lowest BCUT2D eigenvalue weighted by Gasteiger charge is -2.36. The molecule has 0 radical (unpaired) electrons. The van der Waals surface area contributed by atoms with Crippen LogP contribution in [0.3, 0.4) is 0 Å². The van der Waals surface area contributed by atoms with Crippen LogP contribution in [0.1, 0.15) is 101 Å². The molecule has 196 valence electrons. The van der Waals surface area contributed by atoms with Gasteiger partial charge in [-0.1, -0.05) is 18.2 Å². The van der Waals surface area contributed by atoms with Crippen molar-refractivity contribution in [2.75, 3.05) is 6.54 Å². The summed E-state index contributed by atoms with van der Waals surface area (Å²) in [6.45, 7) is 17.3. The predicted octanol–water partition coefficient (Wildman–Crippen LogP) is 6.10. The molecular formula is C25H43NO7S. The quantitative estimate of drug-likeness (QED) is 0.318. The molecule has 1 aliphatic rings. The zero-order valence-corrected chi connectivity index (χ0v) is 23.3. The maximum absolute atomic E-state index is 13.3. The molecule has 0 bridgehead atoms. The van der Waals surface area contributed by atoms with Gasteiger partial charge < -0.3 is 14.2 Å². The van der Waals surface area contributed by atoms with E-state index in [0.29, 0.717) is 19.3 Å². The van der Waals surface area contributed by atoms with Crippen LogP contribution in [0.4, 0.5) is 9.59 Å². The average Bonchev–Trinajstić information content (AvgIpc) is 2.96. The van der Waals surface area contributed by atoms with Crippen molar-refractivity contribution in [3.05, 3.63) is 0 Å². The lowest BCUT2D eigenvalue weighted by Crippen LogP contribution is -2.45. The molecule has 1 aliphatic carbocycles. The van der Waals surface area contributed by atoms with Crippen LogP contribution in [0, 0.1) is 5.41 Å². The van der Waals surface area contributed by atoms with Gasteiger partial charge in [0.15, 0.2) is 5.12 Å². The Morgan fingerprint density at radius 2 is 1.32 bits per heavy atom. The first-order chi connectivity index (χ1) is 15.3. The molecule has 0 aliphatic heterocycles. The number of imide groups is 1. The topological polar surface area (TPSA) is 99.2 Å². The van der Waals surface area contributed by atoms with Gasteiger partial charge in [-0.2, -0.15) is 0 Å². The molecule has 2 atom stereocenters. The first-order valence-electron chi connectivity index (χ1n) is 11.9. The average molecular weight is 502 g/mol. The smallest absolute Gasteiger partial charge is 0.419 e. The molecule has 0 N–H and O–H groups in total. The molecule has 2 amide bonds. The third kappa shape index (κ3) is 9.84. The number of carbonyl (C=O) groups excluding carboxylic acids is 4. The number of ether oxygens (including phenoxy) is 3. The zero-order valence-electron chi connectivity index (χ0n) is 22.5. The molecular weight excluding hydrogens is 458 g/mol. The lowest BCUT2D eigenvalue weighted by atomic mass is 9.80. The fraction of sp³-hybridized carbons (Fsp3) is 0.840. The van der Waals surface area contributed by atoms with Gasteiger partial charge >= 0.3 is 18.2 Å². The first kappa shape index (κ1) is 30.3. The van der Waals surface area contributed by atoms with Crippen LogP contribution in [-0.2, 0) is 23.8 Å². The van der Waals surface area contributed by atoms with Gasteiger partial charge in [0.25, 0.3) is 0 Å². The Kier molecular flexibility index (Phi) is 10.1. The molecule has 0 aromatic rings. The predicted molar refractivity (Wildman–Crippen MR) is 133 cm³/mol. The summed E-state index contributed by atoms with van der Waals surface area (Å²) in [5.74, 6) is -0.336. The van der Waals surface area contributed by atoms with E-state index in [9.17, 15) is 19.2 Å². The molecule has 0 unspecified atom stereocenters. The molecule has 0 aromatic heterocycles. The van der Waals surface area contributed by atoms with Crippen molar-refractivity contribution in [3.8, 4) is 0 Å². The van der Waals surface area contributed by atoms with Gasteiger partial charge in [-0.15, -0.1) is 0 Å². The summed E-state index contributed by atoms with van der Waals surface area (Å²) in [5, 5.41) is -0.264. The van der Waals surface area contributed by atoms with Crippen molar-refractivity contribution >= 4 is 35.0 Å². The Morgan fingerprint density at radius 1 is 0.853 bits per heavy atom. The number of carbonyl (C=O) groups is 4. The minimum absolute atomic E-state index is 0.0197. The maximum Gasteiger partial charge on any atom is 0.419 e. The van der Waals surface area contributed by atoms with Crippen LogP contribution in [0.25, 0.3) is 0 Å². The molecule has 34 heavy (non-hydrogen) atoms. The largest absolute Gasteiger partial charge is 0.460 e. The molecule has 9 heteroatoms. The third-order valence-corrected chi connectivity index (χ3v) is 6.35. The zero-order chi connectivity index (χ0) is 26.5. The van der Waals surface area contributed by atoms with Crippen molar-refractivity contribution in [2.45, 2.75) is 123 Å². The molecule has 1 fully saturated rings. The minimum atomic E-state index is -0.864. The van der Waals surface area contributed by atoms with E-state index in [1.807, 2.05) is 20.8 Å². The molecule has 0 aromatic carbocycles. The summed E-state index contributed by atoms with van der Waals surface area (Å²) in [4.78, 5) is 51.8. The second-order valence-corrected chi connectivity index (χ2v) is 13.2. The summed E-state index contributed by atoms with van der Waals surface area (Å²) in [5.41, 5.74) is -3.11. The minimum Gasteiger partial charge on any atom is -0.460 e. The van der Waals surface area contributed by atoms with E-state index in [-0.39, 0.29) is 22.9 Å². The monoisotopic (exact) mass is 501 g/mol. The van der Waals surface area contributed by atoms with Gasteiger partial charge in [0.1, 0.15) is 16.8 Å². The highest BCUT2D eigenvalue weighted by Crippen LogP contribution is 2.50. The van der Waals surface area contributed by atoms with Crippen molar-refractivity contribution < 1.29 is 33.4 Å². The number of thioether (sulfide) groups is 1. The van der Waals surface area contributed by atoms with Gasteiger partial charge in [-0.25, -0.2) is 14.5 Å². The van der Waals surface area contributed by atoms with E-state index >= 15 is 0 Å². The Bertz CT molecular complexity index is 733. The number of nitrogens with zero attached hydrogens (tertiary/aromatic N) is 1. The van der Waals surface area contributed by atoms with Gasteiger partial charge in [0.2, 0.25) is 0 Å². The summed E-state index contributed by atoms with van der Waals surface area (Å²) < 4.78 is 16.6. The third-order valence-electron chi connectivity index (χ3n) is 5.05. The number of hydrogen-bond donors (Lipinski definition) is 0. The summed E-state index contributed by atoms with van der Waals surface area (Å²) in [7, 11) is 0. The van der Waals surface area contributed by atoms with Crippen LogP contribution in [0.2, 0.25) is 0 Å². The van der Waals surface area contributed by atoms with Gasteiger partial charge in [0.05, 0.1) is 5.41 Å². The SMILES string of the molecule is CC(=O)S[C@H]1CCC[C@@]1(CCCN(C(=O)OC(C)(C)C)C(=O)OC(C)(C)C)C(=O)OC(C)(C)C. The van der Waals surface area contributed by atoms with Gasteiger partial charge in [-0.3, -0.25) is 9.59 Å². The van der Waals surface area contributed by atoms with Crippen LogP contribution >= 0.6 is 11.8 Å². The highest BCUT2D eigenvalue weighted by molar-refractivity contribution is 8.14. The van der Waals surface area contributed by atoms with Crippen molar-refractivity contribution in [1.82, 2.24) is 4.90 Å².